The van der Waals surface area contributed by atoms with Crippen LogP contribution in [0.25, 0.3) is 0 Å². The zero-order valence-electron chi connectivity index (χ0n) is 15.9. The Bertz CT molecular complexity index is 584. The number of benzene rings is 1. The van der Waals surface area contributed by atoms with Crippen LogP contribution in [-0.4, -0.2) is 56.9 Å². The average Bonchev–Trinajstić information content (AvgIpc) is 3.49. The van der Waals surface area contributed by atoms with Crippen molar-refractivity contribution in [2.45, 2.75) is 39.3 Å². The van der Waals surface area contributed by atoms with Crippen molar-refractivity contribution >= 4 is 18.3 Å². The Morgan fingerprint density at radius 2 is 1.85 bits per heavy atom. The molecule has 1 heterocycles. The second-order valence-corrected chi connectivity index (χ2v) is 5.47. The van der Waals surface area contributed by atoms with Crippen LogP contribution >= 0.6 is 0 Å². The molecule has 8 nitrogen and oxygen atoms in total. The maximum absolute atomic E-state index is 12.0. The van der Waals surface area contributed by atoms with Gasteiger partial charge >= 0.3 is 5.97 Å². The summed E-state index contributed by atoms with van der Waals surface area (Å²) in [4.78, 5) is 33.0. The Labute approximate surface area is 159 Å². The van der Waals surface area contributed by atoms with Crippen LogP contribution in [0.5, 0.6) is 5.75 Å². The van der Waals surface area contributed by atoms with Gasteiger partial charge in [0.25, 0.3) is 12.4 Å². The van der Waals surface area contributed by atoms with Gasteiger partial charge in [-0.2, -0.15) is 0 Å². The fourth-order valence-corrected chi connectivity index (χ4v) is 2.09. The Kier molecular flexibility index (Phi) is 10.5. The van der Waals surface area contributed by atoms with E-state index in [-0.39, 0.29) is 12.5 Å². The van der Waals surface area contributed by atoms with Gasteiger partial charge < -0.3 is 24.3 Å². The number of amides is 1. The molecule has 0 spiro atoms. The van der Waals surface area contributed by atoms with Gasteiger partial charge in [-0.15, -0.1) is 0 Å². The van der Waals surface area contributed by atoms with E-state index >= 15 is 0 Å². The molecule has 0 aromatic heterocycles. The third kappa shape index (κ3) is 9.05. The number of ether oxygens (including phenoxy) is 4. The van der Waals surface area contributed by atoms with Crippen molar-refractivity contribution in [2.24, 2.45) is 0 Å². The van der Waals surface area contributed by atoms with E-state index in [1.807, 2.05) is 31.2 Å². The van der Waals surface area contributed by atoms with E-state index in [9.17, 15) is 14.4 Å². The quantitative estimate of drug-likeness (QED) is 0.370. The van der Waals surface area contributed by atoms with Crippen LogP contribution in [0.1, 0.15) is 26.3 Å². The van der Waals surface area contributed by atoms with Crippen LogP contribution in [0.15, 0.2) is 24.3 Å². The molecule has 1 aliphatic heterocycles. The molecule has 1 saturated heterocycles. The van der Waals surface area contributed by atoms with Gasteiger partial charge in [0.15, 0.2) is 6.10 Å². The average molecular weight is 381 g/mol. The predicted molar refractivity (Wildman–Crippen MR) is 97.3 cm³/mol. The number of epoxide rings is 1. The van der Waals surface area contributed by atoms with Crippen molar-refractivity contribution in [3.05, 3.63) is 29.8 Å². The minimum absolute atomic E-state index is 0.272. The first-order valence-electron chi connectivity index (χ1n) is 8.91. The minimum Gasteiger partial charge on any atom is -0.494 e. The summed E-state index contributed by atoms with van der Waals surface area (Å²) in [6.07, 6.45) is -0.0683. The lowest BCUT2D eigenvalue weighted by molar-refractivity contribution is -0.147. The SMILES string of the molecule is CCOC(=O)[C@H](Cc1ccc(OCC)cc1)NC(=O)C1CO1.CCOC=O. The first-order chi connectivity index (χ1) is 13.0. The number of carbonyl (C=O) groups excluding carboxylic acids is 3. The molecule has 0 saturated carbocycles. The number of rotatable bonds is 10. The van der Waals surface area contributed by atoms with E-state index in [4.69, 9.17) is 14.2 Å². The molecule has 1 amide bonds. The van der Waals surface area contributed by atoms with E-state index < -0.39 is 18.1 Å². The lowest BCUT2D eigenvalue weighted by atomic mass is 10.1. The number of hydrogen-bond donors (Lipinski definition) is 1. The largest absolute Gasteiger partial charge is 0.494 e. The van der Waals surface area contributed by atoms with E-state index in [1.54, 1.807) is 13.8 Å². The topological polar surface area (TPSA) is 103 Å². The van der Waals surface area contributed by atoms with Crippen LogP contribution < -0.4 is 10.1 Å². The first kappa shape index (κ1) is 22.4. The van der Waals surface area contributed by atoms with E-state index in [1.165, 1.54) is 0 Å². The van der Waals surface area contributed by atoms with E-state index in [2.05, 4.69) is 10.1 Å². The zero-order valence-corrected chi connectivity index (χ0v) is 15.9. The van der Waals surface area contributed by atoms with Crippen LogP contribution in [-0.2, 0) is 35.0 Å². The molecule has 2 rings (SSSR count). The monoisotopic (exact) mass is 381 g/mol. The second kappa shape index (κ2) is 12.7. The molecule has 150 valence electrons. The summed E-state index contributed by atoms with van der Waals surface area (Å²) in [6, 6.07) is 6.71. The summed E-state index contributed by atoms with van der Waals surface area (Å²) in [6.45, 7) is 7.59. The van der Waals surface area contributed by atoms with Crippen molar-refractivity contribution in [2.75, 3.05) is 26.4 Å². The van der Waals surface area contributed by atoms with Crippen molar-refractivity contribution < 1.29 is 33.3 Å². The molecular weight excluding hydrogens is 354 g/mol. The van der Waals surface area contributed by atoms with Crippen LogP contribution in [0.3, 0.4) is 0 Å². The van der Waals surface area contributed by atoms with Crippen LogP contribution in [0.4, 0.5) is 0 Å². The van der Waals surface area contributed by atoms with Crippen molar-refractivity contribution in [3.63, 3.8) is 0 Å². The predicted octanol–water partition coefficient (Wildman–Crippen LogP) is 1.25. The van der Waals surface area contributed by atoms with Gasteiger partial charge in [-0.1, -0.05) is 12.1 Å². The molecule has 1 fully saturated rings. The van der Waals surface area contributed by atoms with E-state index in [0.29, 0.717) is 32.7 Å². The van der Waals surface area contributed by atoms with Crippen LogP contribution in [0, 0.1) is 0 Å². The maximum Gasteiger partial charge on any atom is 0.328 e. The highest BCUT2D eigenvalue weighted by atomic mass is 16.6. The smallest absolute Gasteiger partial charge is 0.328 e. The summed E-state index contributed by atoms with van der Waals surface area (Å²) in [5.74, 6) is 0.0590. The number of esters is 1. The minimum atomic E-state index is -0.713. The molecule has 8 heteroatoms. The summed E-state index contributed by atoms with van der Waals surface area (Å²) >= 11 is 0. The number of hydrogen-bond acceptors (Lipinski definition) is 7. The lowest BCUT2D eigenvalue weighted by Crippen LogP contribution is -2.45. The summed E-state index contributed by atoms with van der Waals surface area (Å²) in [7, 11) is 0. The molecule has 27 heavy (non-hydrogen) atoms. The summed E-state index contributed by atoms with van der Waals surface area (Å²) < 4.78 is 19.5. The molecule has 0 bridgehead atoms. The highest BCUT2D eigenvalue weighted by Crippen LogP contribution is 2.15. The van der Waals surface area contributed by atoms with E-state index in [0.717, 1.165) is 11.3 Å². The fraction of sp³-hybridized carbons (Fsp3) is 0.526. The molecule has 1 unspecified atom stereocenters. The standard InChI is InChI=1S/C16H21NO5.C3H6O2/c1-3-20-12-7-5-11(6-8-12)9-13(16(19)21-4-2)17-15(18)14-10-22-14;1-2-5-3-4/h5-8,13-14H,3-4,9-10H2,1-2H3,(H,17,18);3H,2H2,1H3/t13-,14?;/m0./s1. The third-order valence-electron chi connectivity index (χ3n) is 3.42. The highest BCUT2D eigenvalue weighted by molar-refractivity contribution is 5.88. The van der Waals surface area contributed by atoms with Crippen molar-refractivity contribution in [1.29, 1.82) is 0 Å². The van der Waals surface area contributed by atoms with Gasteiger partial charge in [0.05, 0.1) is 26.4 Å². The lowest BCUT2D eigenvalue weighted by Gasteiger charge is -2.17. The molecular formula is C19H27NO7. The maximum atomic E-state index is 12.0. The molecule has 0 radical (unpaired) electrons. The molecule has 2 atom stereocenters. The number of carbonyl (C=O) groups is 3. The zero-order chi connectivity index (χ0) is 20.1. The van der Waals surface area contributed by atoms with Gasteiger partial charge in [-0.3, -0.25) is 9.59 Å². The summed E-state index contributed by atoms with van der Waals surface area (Å²) in [5, 5.41) is 2.68. The Morgan fingerprint density at radius 3 is 2.30 bits per heavy atom. The molecule has 1 aliphatic rings. The molecule has 1 aromatic carbocycles. The van der Waals surface area contributed by atoms with Gasteiger partial charge in [0.2, 0.25) is 0 Å². The van der Waals surface area contributed by atoms with Gasteiger partial charge in [0.1, 0.15) is 11.8 Å². The van der Waals surface area contributed by atoms with Crippen molar-refractivity contribution in [3.8, 4) is 5.75 Å². The Hall–Kier alpha value is -2.61. The third-order valence-corrected chi connectivity index (χ3v) is 3.42. The number of nitrogens with one attached hydrogen (secondary N) is 1. The van der Waals surface area contributed by atoms with Gasteiger partial charge in [-0.05, 0) is 38.5 Å². The summed E-state index contributed by atoms with van der Waals surface area (Å²) in [5.41, 5.74) is 0.915. The highest BCUT2D eigenvalue weighted by Gasteiger charge is 2.34. The Balaban J connectivity index is 0.000000646. The Morgan fingerprint density at radius 1 is 1.19 bits per heavy atom. The normalized spacial score (nSPS) is 15.4. The first-order valence-corrected chi connectivity index (χ1v) is 8.91. The molecule has 1 aromatic rings. The molecule has 0 aliphatic carbocycles. The van der Waals surface area contributed by atoms with Gasteiger partial charge in [0, 0.05) is 6.42 Å². The fourth-order valence-electron chi connectivity index (χ4n) is 2.09. The second-order valence-electron chi connectivity index (χ2n) is 5.47. The van der Waals surface area contributed by atoms with Crippen molar-refractivity contribution in [1.82, 2.24) is 5.32 Å². The van der Waals surface area contributed by atoms with Crippen LogP contribution in [0.2, 0.25) is 0 Å². The molecule has 1 N–H and O–H groups in total. The van der Waals surface area contributed by atoms with Gasteiger partial charge in [-0.25, -0.2) is 4.79 Å².